The average molecular weight is 336 g/mol. The van der Waals surface area contributed by atoms with Crippen molar-refractivity contribution >= 4 is 11.3 Å². The minimum Gasteiger partial charge on any atom is -0.508 e. The van der Waals surface area contributed by atoms with E-state index in [0.717, 1.165) is 21.7 Å². The first-order valence-corrected chi connectivity index (χ1v) is 8.05. The van der Waals surface area contributed by atoms with Crippen molar-refractivity contribution in [3.8, 4) is 28.3 Å². The molecule has 0 radical (unpaired) electrons. The summed E-state index contributed by atoms with van der Waals surface area (Å²) in [6.07, 6.45) is 0. The lowest BCUT2D eigenvalue weighted by Gasteiger charge is -2.23. The van der Waals surface area contributed by atoms with E-state index in [-0.39, 0.29) is 11.6 Å². The Bertz CT molecular complexity index is 965. The largest absolute Gasteiger partial charge is 0.508 e. The van der Waals surface area contributed by atoms with Crippen LogP contribution in [-0.2, 0) is 0 Å². The van der Waals surface area contributed by atoms with Gasteiger partial charge < -0.3 is 15.6 Å². The molecule has 1 atom stereocenters. The summed E-state index contributed by atoms with van der Waals surface area (Å²) in [5.41, 5.74) is 8.66. The second-order valence-corrected chi connectivity index (χ2v) is 6.26. The lowest BCUT2D eigenvalue weighted by atomic mass is 9.84. The molecule has 1 aliphatic heterocycles. The van der Waals surface area contributed by atoms with Gasteiger partial charge in [0.25, 0.3) is 0 Å². The molecule has 3 heterocycles. The number of fused-ring (bicyclic) bond motifs is 1. The number of aromatic hydroxyl groups is 1. The lowest BCUT2D eigenvalue weighted by molar-refractivity contribution is 0.379. The maximum absolute atomic E-state index is 9.59. The summed E-state index contributed by atoms with van der Waals surface area (Å²) in [6.45, 7) is 0. The standard InChI is InChI=1S/C17H12N4O2S/c18-8-11-13(9-3-5-10(22)6-4-9)14-15(12-2-1-7-24-12)20-21-17(14)23-16(11)19/h1-7,13,22H,19H2,(H,20,21)/t13-/m1/s1. The van der Waals surface area contributed by atoms with Crippen LogP contribution in [0.5, 0.6) is 11.6 Å². The number of benzene rings is 1. The van der Waals surface area contributed by atoms with Crippen molar-refractivity contribution in [2.45, 2.75) is 5.92 Å². The summed E-state index contributed by atoms with van der Waals surface area (Å²) in [7, 11) is 0. The fraction of sp³-hybridized carbons (Fsp3) is 0.0588. The van der Waals surface area contributed by atoms with Gasteiger partial charge in [0.05, 0.1) is 22.1 Å². The second-order valence-electron chi connectivity index (χ2n) is 5.31. The van der Waals surface area contributed by atoms with Gasteiger partial charge in [0.2, 0.25) is 11.8 Å². The van der Waals surface area contributed by atoms with Crippen LogP contribution >= 0.6 is 11.3 Å². The first kappa shape index (κ1) is 14.4. The second kappa shape index (κ2) is 5.44. The van der Waals surface area contributed by atoms with E-state index in [2.05, 4.69) is 16.3 Å². The van der Waals surface area contributed by atoms with Crippen LogP contribution in [-0.4, -0.2) is 15.3 Å². The smallest absolute Gasteiger partial charge is 0.244 e. The molecule has 118 valence electrons. The Morgan fingerprint density at radius 1 is 1.29 bits per heavy atom. The highest BCUT2D eigenvalue weighted by Gasteiger charge is 2.35. The fourth-order valence-electron chi connectivity index (χ4n) is 2.85. The van der Waals surface area contributed by atoms with Gasteiger partial charge in [0, 0.05) is 0 Å². The first-order valence-electron chi connectivity index (χ1n) is 7.17. The van der Waals surface area contributed by atoms with E-state index in [9.17, 15) is 10.4 Å². The van der Waals surface area contributed by atoms with Gasteiger partial charge >= 0.3 is 0 Å². The highest BCUT2D eigenvalue weighted by atomic mass is 32.1. The number of allylic oxidation sites excluding steroid dienone is 1. The van der Waals surface area contributed by atoms with Crippen molar-refractivity contribution in [2.24, 2.45) is 5.73 Å². The van der Waals surface area contributed by atoms with Gasteiger partial charge in [-0.1, -0.05) is 18.2 Å². The maximum atomic E-state index is 9.59. The molecular weight excluding hydrogens is 324 g/mol. The fourth-order valence-corrected chi connectivity index (χ4v) is 3.59. The van der Waals surface area contributed by atoms with Gasteiger partial charge in [-0.2, -0.15) is 5.26 Å². The van der Waals surface area contributed by atoms with E-state index in [1.165, 1.54) is 0 Å². The van der Waals surface area contributed by atoms with E-state index in [1.807, 2.05) is 17.5 Å². The Morgan fingerprint density at radius 2 is 2.08 bits per heavy atom. The van der Waals surface area contributed by atoms with Crippen molar-refractivity contribution in [1.82, 2.24) is 10.2 Å². The van der Waals surface area contributed by atoms with Crippen LogP contribution in [0.2, 0.25) is 0 Å². The number of nitrogens with zero attached hydrogens (tertiary/aromatic N) is 2. The summed E-state index contributed by atoms with van der Waals surface area (Å²) < 4.78 is 5.54. The molecule has 0 bridgehead atoms. The zero-order valence-corrected chi connectivity index (χ0v) is 13.2. The SMILES string of the molecule is N#CC1=C(N)Oc2n[nH]c(-c3cccs3)c2[C@@H]1c1ccc(O)cc1. The Morgan fingerprint density at radius 3 is 2.75 bits per heavy atom. The number of ether oxygens (including phenoxy) is 1. The summed E-state index contributed by atoms with van der Waals surface area (Å²) in [4.78, 5) is 0.994. The number of nitriles is 1. The molecule has 0 fully saturated rings. The molecule has 0 saturated heterocycles. The third-order valence-corrected chi connectivity index (χ3v) is 4.82. The molecule has 3 aromatic rings. The van der Waals surface area contributed by atoms with Crippen LogP contribution in [0.1, 0.15) is 17.0 Å². The molecule has 2 aromatic heterocycles. The van der Waals surface area contributed by atoms with Crippen LogP contribution in [0.3, 0.4) is 0 Å². The molecule has 4 N–H and O–H groups in total. The minimum atomic E-state index is -0.407. The lowest BCUT2D eigenvalue weighted by Crippen LogP contribution is -2.20. The van der Waals surface area contributed by atoms with E-state index >= 15 is 0 Å². The zero-order chi connectivity index (χ0) is 16.7. The third-order valence-electron chi connectivity index (χ3n) is 3.93. The molecule has 0 unspecified atom stereocenters. The Hall–Kier alpha value is -3.24. The quantitative estimate of drug-likeness (QED) is 0.666. The first-order chi connectivity index (χ1) is 11.7. The molecule has 0 spiro atoms. The van der Waals surface area contributed by atoms with Crippen molar-refractivity contribution in [3.05, 3.63) is 64.4 Å². The molecule has 7 heteroatoms. The van der Waals surface area contributed by atoms with E-state index in [4.69, 9.17) is 10.5 Å². The summed E-state index contributed by atoms with van der Waals surface area (Å²) in [5.74, 6) is 0.169. The van der Waals surface area contributed by atoms with E-state index in [0.29, 0.717) is 11.5 Å². The number of hydrogen-bond donors (Lipinski definition) is 3. The van der Waals surface area contributed by atoms with Gasteiger partial charge in [-0.15, -0.1) is 16.4 Å². The van der Waals surface area contributed by atoms with Crippen molar-refractivity contribution in [3.63, 3.8) is 0 Å². The number of nitrogens with one attached hydrogen (secondary N) is 1. The van der Waals surface area contributed by atoms with Gasteiger partial charge in [0.15, 0.2) is 0 Å². The van der Waals surface area contributed by atoms with Gasteiger partial charge in [-0.05, 0) is 29.1 Å². The summed E-state index contributed by atoms with van der Waals surface area (Å²) in [5, 5.41) is 28.3. The maximum Gasteiger partial charge on any atom is 0.244 e. The van der Waals surface area contributed by atoms with E-state index in [1.54, 1.807) is 35.6 Å². The predicted molar refractivity (Wildman–Crippen MR) is 89.3 cm³/mol. The van der Waals surface area contributed by atoms with Crippen LogP contribution < -0.4 is 10.5 Å². The Balaban J connectivity index is 1.95. The molecule has 4 rings (SSSR count). The number of aromatic nitrogens is 2. The van der Waals surface area contributed by atoms with Gasteiger partial charge in [0.1, 0.15) is 17.4 Å². The van der Waals surface area contributed by atoms with Crippen LogP contribution in [0, 0.1) is 11.3 Å². The third kappa shape index (κ3) is 2.13. The Kier molecular flexibility index (Phi) is 3.25. The number of nitrogens with two attached hydrogens (primary N) is 1. The predicted octanol–water partition coefficient (Wildman–Crippen LogP) is 3.06. The highest BCUT2D eigenvalue weighted by Crippen LogP contribution is 2.46. The minimum absolute atomic E-state index is 0.0484. The number of hydrogen-bond acceptors (Lipinski definition) is 6. The van der Waals surface area contributed by atoms with Crippen LogP contribution in [0.15, 0.2) is 53.2 Å². The normalized spacial score (nSPS) is 16.4. The number of phenols is 1. The molecule has 0 saturated carbocycles. The van der Waals surface area contributed by atoms with Crippen LogP contribution in [0.25, 0.3) is 10.6 Å². The highest BCUT2D eigenvalue weighted by molar-refractivity contribution is 7.13. The Labute approximate surface area is 141 Å². The summed E-state index contributed by atoms with van der Waals surface area (Å²) >= 11 is 1.57. The van der Waals surface area contributed by atoms with Crippen molar-refractivity contribution in [2.75, 3.05) is 0 Å². The van der Waals surface area contributed by atoms with Crippen LogP contribution in [0.4, 0.5) is 0 Å². The molecule has 6 nitrogen and oxygen atoms in total. The molecule has 1 aromatic carbocycles. The molecule has 0 amide bonds. The molecule has 1 aliphatic rings. The number of aromatic amines is 1. The number of thiophene rings is 1. The molecule has 24 heavy (non-hydrogen) atoms. The van der Waals surface area contributed by atoms with Crippen molar-refractivity contribution < 1.29 is 9.84 Å². The monoisotopic (exact) mass is 336 g/mol. The topological polar surface area (TPSA) is 108 Å². The number of phenolic OH excluding ortho intramolecular Hbond substituents is 1. The van der Waals surface area contributed by atoms with Crippen molar-refractivity contribution in [1.29, 1.82) is 5.26 Å². The van der Waals surface area contributed by atoms with E-state index < -0.39 is 5.92 Å². The zero-order valence-electron chi connectivity index (χ0n) is 12.4. The number of rotatable bonds is 2. The van der Waals surface area contributed by atoms with Gasteiger partial charge in [-0.3, -0.25) is 5.10 Å². The summed E-state index contributed by atoms with van der Waals surface area (Å²) in [6, 6.07) is 12.8. The number of H-pyrrole nitrogens is 1. The molecular formula is C17H12N4O2S. The molecule has 0 aliphatic carbocycles. The average Bonchev–Trinajstić information content (AvgIpc) is 3.23. The van der Waals surface area contributed by atoms with Gasteiger partial charge in [-0.25, -0.2) is 0 Å².